The van der Waals surface area contributed by atoms with Crippen molar-refractivity contribution < 1.29 is 13.2 Å². The Kier molecular flexibility index (Phi) is 7.03. The molecule has 0 spiro atoms. The van der Waals surface area contributed by atoms with Crippen molar-refractivity contribution in [2.24, 2.45) is 0 Å². The van der Waals surface area contributed by atoms with Crippen LogP contribution in [-0.4, -0.2) is 40.8 Å². The van der Waals surface area contributed by atoms with Crippen molar-refractivity contribution in [1.29, 1.82) is 0 Å². The smallest absolute Gasteiger partial charge is 0.315 e. The highest BCUT2D eigenvalue weighted by molar-refractivity contribution is 7.89. The molecule has 0 aromatic heterocycles. The summed E-state index contributed by atoms with van der Waals surface area (Å²) < 4.78 is 22.5. The van der Waals surface area contributed by atoms with E-state index in [0.717, 1.165) is 16.8 Å². The second-order valence-electron chi connectivity index (χ2n) is 6.25. The minimum Gasteiger partial charge on any atom is -0.373 e. The summed E-state index contributed by atoms with van der Waals surface area (Å²) in [5.74, 6) is 0.0239. The van der Waals surface area contributed by atoms with Crippen molar-refractivity contribution >= 4 is 21.6 Å². The van der Waals surface area contributed by atoms with Crippen LogP contribution in [-0.2, 0) is 22.1 Å². The summed E-state index contributed by atoms with van der Waals surface area (Å²) in [6.45, 7) is 1.63. The van der Waals surface area contributed by atoms with Gasteiger partial charge in [-0.05, 0) is 23.3 Å². The third kappa shape index (κ3) is 7.14. The third-order valence-electron chi connectivity index (χ3n) is 3.83. The number of anilines is 1. The number of nitrogens with one attached hydrogen (secondary N) is 2. The average molecular weight is 375 g/mol. The Morgan fingerprint density at radius 1 is 0.962 bits per heavy atom. The zero-order valence-corrected chi connectivity index (χ0v) is 15.9. The van der Waals surface area contributed by atoms with Gasteiger partial charge in [-0.1, -0.05) is 42.5 Å². The molecule has 7 heteroatoms. The number of urea groups is 1. The summed E-state index contributed by atoms with van der Waals surface area (Å²) in [6.07, 6.45) is 1.21. The largest absolute Gasteiger partial charge is 0.373 e. The van der Waals surface area contributed by atoms with Crippen LogP contribution in [0.4, 0.5) is 10.5 Å². The zero-order chi connectivity index (χ0) is 19.0. The number of nitrogens with zero attached hydrogens (tertiary/aromatic N) is 1. The first-order valence-corrected chi connectivity index (χ1v) is 10.4. The Morgan fingerprint density at radius 3 is 2.19 bits per heavy atom. The van der Waals surface area contributed by atoms with Gasteiger partial charge in [0.25, 0.3) is 0 Å². The van der Waals surface area contributed by atoms with E-state index in [1.165, 1.54) is 6.26 Å². The Balaban J connectivity index is 1.70. The predicted octanol–water partition coefficient (Wildman–Crippen LogP) is 2.17. The minimum atomic E-state index is -3.04. The van der Waals surface area contributed by atoms with Crippen LogP contribution in [0.2, 0.25) is 0 Å². The zero-order valence-electron chi connectivity index (χ0n) is 15.1. The normalized spacial score (nSPS) is 11.0. The number of amides is 2. The first kappa shape index (κ1) is 19.8. The number of para-hydroxylation sites is 1. The van der Waals surface area contributed by atoms with Crippen molar-refractivity contribution in [3.05, 3.63) is 65.7 Å². The standard InChI is InChI=1S/C19H25N3O3S/c1-22(18-6-4-3-5-7-18)13-12-20-19(23)21-14-16-8-10-17(11-9-16)15-26(2,24)25/h3-11H,12-15H2,1-2H3,(H2,20,21,23). The van der Waals surface area contributed by atoms with Gasteiger partial charge in [-0.3, -0.25) is 0 Å². The summed E-state index contributed by atoms with van der Waals surface area (Å²) in [6, 6.07) is 16.9. The van der Waals surface area contributed by atoms with Crippen LogP contribution in [0.5, 0.6) is 0 Å². The van der Waals surface area contributed by atoms with Crippen molar-refractivity contribution in [3.63, 3.8) is 0 Å². The number of hydrogen-bond acceptors (Lipinski definition) is 4. The summed E-state index contributed by atoms with van der Waals surface area (Å²) in [7, 11) is -1.06. The van der Waals surface area contributed by atoms with Crippen molar-refractivity contribution in [2.45, 2.75) is 12.3 Å². The molecule has 2 amide bonds. The maximum atomic E-state index is 11.9. The molecular weight excluding hydrogens is 350 g/mol. The van der Waals surface area contributed by atoms with E-state index in [1.807, 2.05) is 49.5 Å². The molecule has 0 fully saturated rings. The van der Waals surface area contributed by atoms with Gasteiger partial charge in [-0.15, -0.1) is 0 Å². The van der Waals surface area contributed by atoms with E-state index in [-0.39, 0.29) is 11.8 Å². The Morgan fingerprint density at radius 2 is 1.58 bits per heavy atom. The number of hydrogen-bond donors (Lipinski definition) is 2. The first-order chi connectivity index (χ1) is 12.3. The molecule has 2 aromatic rings. The number of carbonyl (C=O) groups excluding carboxylic acids is 1. The van der Waals surface area contributed by atoms with Gasteiger partial charge in [0, 0.05) is 38.6 Å². The third-order valence-corrected chi connectivity index (χ3v) is 4.69. The number of benzene rings is 2. The maximum Gasteiger partial charge on any atom is 0.315 e. The molecule has 0 aliphatic carbocycles. The molecule has 140 valence electrons. The van der Waals surface area contributed by atoms with Gasteiger partial charge < -0.3 is 15.5 Å². The van der Waals surface area contributed by atoms with Crippen LogP contribution in [0.3, 0.4) is 0 Å². The fourth-order valence-electron chi connectivity index (χ4n) is 2.45. The molecule has 0 heterocycles. The van der Waals surface area contributed by atoms with Crippen molar-refractivity contribution in [1.82, 2.24) is 10.6 Å². The van der Waals surface area contributed by atoms with Gasteiger partial charge in [-0.25, -0.2) is 13.2 Å². The summed E-state index contributed by atoms with van der Waals surface area (Å²) >= 11 is 0. The highest BCUT2D eigenvalue weighted by Gasteiger charge is 2.05. The predicted molar refractivity (Wildman–Crippen MR) is 105 cm³/mol. The van der Waals surface area contributed by atoms with E-state index in [2.05, 4.69) is 15.5 Å². The Hall–Kier alpha value is -2.54. The number of rotatable bonds is 8. The van der Waals surface area contributed by atoms with E-state index >= 15 is 0 Å². The Bertz CT molecular complexity index is 806. The molecule has 0 aliphatic rings. The van der Waals surface area contributed by atoms with Crippen molar-refractivity contribution in [2.75, 3.05) is 31.3 Å². The van der Waals surface area contributed by atoms with E-state index in [1.54, 1.807) is 12.1 Å². The molecule has 6 nitrogen and oxygen atoms in total. The molecule has 0 radical (unpaired) electrons. The number of sulfone groups is 1. The lowest BCUT2D eigenvalue weighted by Crippen LogP contribution is -2.39. The quantitative estimate of drug-likeness (QED) is 0.741. The van der Waals surface area contributed by atoms with Crippen LogP contribution in [0, 0.1) is 0 Å². The molecule has 2 N–H and O–H groups in total. The van der Waals surface area contributed by atoms with E-state index < -0.39 is 9.84 Å². The fraction of sp³-hybridized carbons (Fsp3) is 0.316. The van der Waals surface area contributed by atoms with Gasteiger partial charge in [0.05, 0.1) is 5.75 Å². The van der Waals surface area contributed by atoms with Crippen LogP contribution >= 0.6 is 0 Å². The second-order valence-corrected chi connectivity index (χ2v) is 8.39. The summed E-state index contributed by atoms with van der Waals surface area (Å²) in [4.78, 5) is 13.9. The lowest BCUT2D eigenvalue weighted by atomic mass is 10.1. The summed E-state index contributed by atoms with van der Waals surface area (Å²) in [5.41, 5.74) is 2.76. The lowest BCUT2D eigenvalue weighted by molar-refractivity contribution is 0.241. The van der Waals surface area contributed by atoms with Crippen molar-refractivity contribution in [3.8, 4) is 0 Å². The molecule has 2 rings (SSSR count). The molecule has 0 saturated heterocycles. The molecule has 0 bridgehead atoms. The minimum absolute atomic E-state index is 0.0239. The Labute approximate surface area is 155 Å². The van der Waals surface area contributed by atoms with Gasteiger partial charge in [0.15, 0.2) is 9.84 Å². The highest BCUT2D eigenvalue weighted by atomic mass is 32.2. The highest BCUT2D eigenvalue weighted by Crippen LogP contribution is 2.10. The molecule has 0 aliphatic heterocycles. The number of likely N-dealkylation sites (N-methyl/N-ethyl adjacent to an activating group) is 1. The fourth-order valence-corrected chi connectivity index (χ4v) is 3.25. The van der Waals surface area contributed by atoms with Gasteiger partial charge >= 0.3 is 6.03 Å². The van der Waals surface area contributed by atoms with Crippen LogP contribution in [0.15, 0.2) is 54.6 Å². The van der Waals surface area contributed by atoms with Crippen LogP contribution < -0.4 is 15.5 Å². The molecular formula is C19H25N3O3S. The van der Waals surface area contributed by atoms with Gasteiger partial charge in [-0.2, -0.15) is 0 Å². The maximum absolute atomic E-state index is 11.9. The molecule has 0 unspecified atom stereocenters. The van der Waals surface area contributed by atoms with E-state index in [0.29, 0.717) is 19.6 Å². The van der Waals surface area contributed by atoms with Gasteiger partial charge in [0.1, 0.15) is 0 Å². The molecule has 0 saturated carbocycles. The molecule has 26 heavy (non-hydrogen) atoms. The first-order valence-electron chi connectivity index (χ1n) is 8.37. The van der Waals surface area contributed by atoms with Crippen LogP contribution in [0.1, 0.15) is 11.1 Å². The summed E-state index contributed by atoms with van der Waals surface area (Å²) in [5, 5.41) is 5.62. The topological polar surface area (TPSA) is 78.5 Å². The SMILES string of the molecule is CN(CCNC(=O)NCc1ccc(CS(C)(=O)=O)cc1)c1ccccc1. The lowest BCUT2D eigenvalue weighted by Gasteiger charge is -2.19. The van der Waals surface area contributed by atoms with Crippen LogP contribution in [0.25, 0.3) is 0 Å². The van der Waals surface area contributed by atoms with E-state index in [9.17, 15) is 13.2 Å². The molecule has 2 aromatic carbocycles. The second kappa shape index (κ2) is 9.24. The molecule has 0 atom stereocenters. The van der Waals surface area contributed by atoms with E-state index in [4.69, 9.17) is 0 Å². The average Bonchev–Trinajstić information content (AvgIpc) is 2.60. The number of carbonyl (C=O) groups is 1. The monoisotopic (exact) mass is 375 g/mol. The van der Waals surface area contributed by atoms with Gasteiger partial charge in [0.2, 0.25) is 0 Å².